The molecule has 5 nitrogen and oxygen atoms in total. The van der Waals surface area contributed by atoms with E-state index in [9.17, 15) is 23.1 Å². The number of nitrogens with one attached hydrogen (secondary N) is 1. The fraction of sp³-hybridized carbons (Fsp3) is 0.923. The van der Waals surface area contributed by atoms with Crippen LogP contribution in [0.3, 0.4) is 0 Å². The maximum absolute atomic E-state index is 12.4. The van der Waals surface area contributed by atoms with Gasteiger partial charge in [0.25, 0.3) is 0 Å². The van der Waals surface area contributed by atoms with Gasteiger partial charge in [0.05, 0.1) is 6.10 Å². The Labute approximate surface area is 121 Å². The largest absolute Gasteiger partial charge is 0.414 e. The molecule has 0 spiro atoms. The molecule has 0 bridgehead atoms. The number of carbonyl (C=O) groups is 1. The number of hydrogen-bond donors (Lipinski definition) is 2. The van der Waals surface area contributed by atoms with Crippen molar-refractivity contribution in [3.63, 3.8) is 0 Å². The summed E-state index contributed by atoms with van der Waals surface area (Å²) in [4.78, 5) is 18.5. The summed E-state index contributed by atoms with van der Waals surface area (Å²) in [5.41, 5.74) is 2.37. The van der Waals surface area contributed by atoms with Crippen LogP contribution in [-0.2, 0) is 4.84 Å². The molecule has 2 aliphatic rings. The number of aliphatic hydroxyl groups excluding tert-OH is 1. The molecule has 2 N–H and O–H groups in total. The molecule has 1 unspecified atom stereocenters. The van der Waals surface area contributed by atoms with Crippen LogP contribution < -0.4 is 5.48 Å². The second-order valence-electron chi connectivity index (χ2n) is 5.74. The zero-order valence-corrected chi connectivity index (χ0v) is 11.7. The minimum absolute atomic E-state index is 0.0403. The Kier molecular flexibility index (Phi) is 5.32. The van der Waals surface area contributed by atoms with E-state index in [-0.39, 0.29) is 32.0 Å². The number of carbonyl (C=O) groups excluding carboxylic acids is 1. The lowest BCUT2D eigenvalue weighted by Gasteiger charge is -2.34. The monoisotopic (exact) mass is 310 g/mol. The first kappa shape index (κ1) is 16.4. The van der Waals surface area contributed by atoms with Crippen molar-refractivity contribution < 1.29 is 27.9 Å². The molecule has 1 aliphatic heterocycles. The Morgan fingerprint density at radius 2 is 1.76 bits per heavy atom. The lowest BCUT2D eigenvalue weighted by Crippen LogP contribution is -2.48. The molecule has 1 heterocycles. The van der Waals surface area contributed by atoms with E-state index in [2.05, 4.69) is 5.48 Å². The summed E-state index contributed by atoms with van der Waals surface area (Å²) in [5, 5.41) is 9.21. The average molecular weight is 310 g/mol. The molecule has 1 aliphatic carbocycles. The van der Waals surface area contributed by atoms with E-state index < -0.39 is 24.2 Å². The molecule has 0 aromatic heterocycles. The molecular weight excluding hydrogens is 289 g/mol. The Bertz CT molecular complexity index is 351. The number of amides is 2. The number of hydrogen-bond acceptors (Lipinski definition) is 3. The highest BCUT2D eigenvalue weighted by molar-refractivity contribution is 5.73. The van der Waals surface area contributed by atoms with Crippen molar-refractivity contribution in [2.75, 3.05) is 13.1 Å². The van der Waals surface area contributed by atoms with Gasteiger partial charge in [0.15, 0.2) is 6.10 Å². The van der Waals surface area contributed by atoms with Gasteiger partial charge in [0.2, 0.25) is 0 Å². The van der Waals surface area contributed by atoms with Crippen molar-refractivity contribution >= 4 is 6.03 Å². The molecule has 2 fully saturated rings. The first-order valence-corrected chi connectivity index (χ1v) is 7.33. The van der Waals surface area contributed by atoms with Crippen molar-refractivity contribution in [1.82, 2.24) is 10.4 Å². The fourth-order valence-electron chi connectivity index (χ4n) is 2.89. The van der Waals surface area contributed by atoms with Crippen molar-refractivity contribution in [3.05, 3.63) is 0 Å². The lowest BCUT2D eigenvalue weighted by molar-refractivity contribution is -0.222. The standard InChI is InChI=1S/C13H21F3N2O3/c14-13(15,16)11(19)9-5-7-18(8-6-9)12(20)17-21-10-3-1-2-4-10/h9-11,19H,1-8H2,(H,17,20). The molecule has 2 amide bonds. The number of aliphatic hydroxyl groups is 1. The zero-order valence-electron chi connectivity index (χ0n) is 11.7. The first-order valence-electron chi connectivity index (χ1n) is 7.33. The summed E-state index contributed by atoms with van der Waals surface area (Å²) in [7, 11) is 0. The topological polar surface area (TPSA) is 61.8 Å². The van der Waals surface area contributed by atoms with Crippen molar-refractivity contribution in [2.24, 2.45) is 5.92 Å². The van der Waals surface area contributed by atoms with Crippen LogP contribution in [-0.4, -0.2) is 47.5 Å². The average Bonchev–Trinajstić information content (AvgIpc) is 2.96. The smallest absolute Gasteiger partial charge is 0.383 e. The number of likely N-dealkylation sites (tertiary alicyclic amines) is 1. The molecule has 21 heavy (non-hydrogen) atoms. The molecule has 0 aromatic carbocycles. The minimum Gasteiger partial charge on any atom is -0.383 e. The van der Waals surface area contributed by atoms with Crippen molar-refractivity contribution in [3.8, 4) is 0 Å². The van der Waals surface area contributed by atoms with E-state index in [4.69, 9.17) is 4.84 Å². The number of hydroxylamine groups is 1. The number of nitrogens with zero attached hydrogens (tertiary/aromatic N) is 1. The van der Waals surface area contributed by atoms with E-state index in [1.807, 2.05) is 0 Å². The highest BCUT2D eigenvalue weighted by atomic mass is 19.4. The zero-order chi connectivity index (χ0) is 15.5. The number of alkyl halides is 3. The van der Waals surface area contributed by atoms with Gasteiger partial charge in [0, 0.05) is 13.1 Å². The Morgan fingerprint density at radius 3 is 2.29 bits per heavy atom. The van der Waals surface area contributed by atoms with Crippen LogP contribution in [0, 0.1) is 5.92 Å². The van der Waals surface area contributed by atoms with Crippen LogP contribution in [0.25, 0.3) is 0 Å². The molecule has 0 aromatic rings. The molecule has 1 saturated heterocycles. The highest BCUT2D eigenvalue weighted by Crippen LogP contribution is 2.31. The maximum Gasteiger partial charge on any atom is 0.414 e. The van der Waals surface area contributed by atoms with E-state index in [0.717, 1.165) is 25.7 Å². The number of rotatable bonds is 3. The summed E-state index contributed by atoms with van der Waals surface area (Å²) in [6.45, 7) is 0.384. The Balaban J connectivity index is 1.71. The van der Waals surface area contributed by atoms with Gasteiger partial charge in [-0.1, -0.05) is 12.8 Å². The van der Waals surface area contributed by atoms with Gasteiger partial charge in [-0.2, -0.15) is 13.2 Å². The molecule has 1 saturated carbocycles. The maximum atomic E-state index is 12.4. The van der Waals surface area contributed by atoms with Crippen molar-refractivity contribution in [2.45, 2.75) is 56.9 Å². The summed E-state index contributed by atoms with van der Waals surface area (Å²) in [6, 6.07) is -0.415. The molecule has 2 rings (SSSR count). The lowest BCUT2D eigenvalue weighted by atomic mass is 9.91. The van der Waals surface area contributed by atoms with Gasteiger partial charge < -0.3 is 10.0 Å². The Morgan fingerprint density at radius 1 is 1.19 bits per heavy atom. The molecule has 8 heteroatoms. The predicted molar refractivity (Wildman–Crippen MR) is 68.2 cm³/mol. The number of halogens is 3. The van der Waals surface area contributed by atoms with Gasteiger partial charge in [-0.05, 0) is 31.6 Å². The molecule has 0 radical (unpaired) electrons. The van der Waals surface area contributed by atoms with E-state index >= 15 is 0 Å². The Hall–Kier alpha value is -1.02. The van der Waals surface area contributed by atoms with Crippen molar-refractivity contribution in [1.29, 1.82) is 0 Å². The molecule has 1 atom stereocenters. The second kappa shape index (κ2) is 6.83. The van der Waals surface area contributed by atoms with Crippen LogP contribution >= 0.6 is 0 Å². The summed E-state index contributed by atoms with van der Waals surface area (Å²) >= 11 is 0. The summed E-state index contributed by atoms with van der Waals surface area (Å²) in [6.07, 6.45) is -2.59. The third kappa shape index (κ3) is 4.47. The van der Waals surface area contributed by atoms with Gasteiger partial charge in [-0.25, -0.2) is 10.3 Å². The SMILES string of the molecule is O=C(NOC1CCCC1)N1CCC(C(O)C(F)(F)F)CC1. The highest BCUT2D eigenvalue weighted by Gasteiger charge is 2.44. The second-order valence-corrected chi connectivity index (χ2v) is 5.74. The summed E-state index contributed by atoms with van der Waals surface area (Å²) < 4.78 is 37.3. The van der Waals surface area contributed by atoms with Gasteiger partial charge in [0.1, 0.15) is 0 Å². The third-order valence-corrected chi connectivity index (χ3v) is 4.22. The fourth-order valence-corrected chi connectivity index (χ4v) is 2.89. The van der Waals surface area contributed by atoms with Crippen LogP contribution in [0.15, 0.2) is 0 Å². The molecule has 122 valence electrons. The first-order chi connectivity index (χ1) is 9.88. The van der Waals surface area contributed by atoms with Crippen LogP contribution in [0.5, 0.6) is 0 Å². The van der Waals surface area contributed by atoms with Gasteiger partial charge >= 0.3 is 12.2 Å². The van der Waals surface area contributed by atoms with Gasteiger partial charge in [-0.3, -0.25) is 4.84 Å². The van der Waals surface area contributed by atoms with Crippen LogP contribution in [0.2, 0.25) is 0 Å². The minimum atomic E-state index is -4.60. The van der Waals surface area contributed by atoms with Crippen LogP contribution in [0.1, 0.15) is 38.5 Å². The molecular formula is C13H21F3N2O3. The normalized spacial score (nSPS) is 23.3. The van der Waals surface area contributed by atoms with E-state index in [0.29, 0.717) is 0 Å². The van der Waals surface area contributed by atoms with Gasteiger partial charge in [-0.15, -0.1) is 0 Å². The third-order valence-electron chi connectivity index (χ3n) is 4.22. The summed E-state index contributed by atoms with van der Waals surface area (Å²) in [5.74, 6) is -0.843. The van der Waals surface area contributed by atoms with E-state index in [1.165, 1.54) is 4.90 Å². The van der Waals surface area contributed by atoms with Crippen LogP contribution in [0.4, 0.5) is 18.0 Å². The van der Waals surface area contributed by atoms with E-state index in [1.54, 1.807) is 0 Å². The number of piperidine rings is 1. The predicted octanol–water partition coefficient (Wildman–Crippen LogP) is 2.21. The number of urea groups is 1. The quantitative estimate of drug-likeness (QED) is 0.786.